The summed E-state index contributed by atoms with van der Waals surface area (Å²) in [6.45, 7) is 1.72. The fourth-order valence-corrected chi connectivity index (χ4v) is 4.54. The van der Waals surface area contributed by atoms with Crippen molar-refractivity contribution in [3.63, 3.8) is 0 Å². The Kier molecular flexibility index (Phi) is 4.25. The molecule has 0 aromatic heterocycles. The van der Waals surface area contributed by atoms with Gasteiger partial charge in [-0.3, -0.25) is 9.59 Å². The Hall–Kier alpha value is -2.09. The molecular formula is C16H20N2O5S. The summed E-state index contributed by atoms with van der Waals surface area (Å²) in [7, 11) is -2.58. The van der Waals surface area contributed by atoms with Gasteiger partial charge in [-0.2, -0.15) is 0 Å². The first-order chi connectivity index (χ1) is 11.3. The number of sulfonamides is 1. The molecule has 1 saturated heterocycles. The minimum absolute atomic E-state index is 0.0136. The highest BCUT2D eigenvalue weighted by atomic mass is 32.2. The largest absolute Gasteiger partial charge is 0.496 e. The maximum atomic E-state index is 12.9. The third-order valence-electron chi connectivity index (χ3n) is 4.31. The van der Waals surface area contributed by atoms with Crippen molar-refractivity contribution in [3.8, 4) is 5.75 Å². The number of benzene rings is 1. The van der Waals surface area contributed by atoms with Crippen LogP contribution in [0.5, 0.6) is 5.75 Å². The van der Waals surface area contributed by atoms with Gasteiger partial charge >= 0.3 is 0 Å². The molecule has 0 bridgehead atoms. The zero-order chi connectivity index (χ0) is 17.5. The lowest BCUT2D eigenvalue weighted by molar-refractivity contribution is -0.130. The summed E-state index contributed by atoms with van der Waals surface area (Å²) in [4.78, 5) is 24.5. The van der Waals surface area contributed by atoms with Crippen molar-refractivity contribution < 1.29 is 22.7 Å². The van der Waals surface area contributed by atoms with Crippen LogP contribution in [0.3, 0.4) is 0 Å². The van der Waals surface area contributed by atoms with Gasteiger partial charge in [-0.05, 0) is 49.9 Å². The zero-order valence-electron chi connectivity index (χ0n) is 13.6. The van der Waals surface area contributed by atoms with Gasteiger partial charge in [0.2, 0.25) is 11.8 Å². The van der Waals surface area contributed by atoms with Gasteiger partial charge in [-0.25, -0.2) is 12.7 Å². The fourth-order valence-electron chi connectivity index (χ4n) is 2.85. The summed E-state index contributed by atoms with van der Waals surface area (Å²) in [6, 6.07) is 3.53. The molecule has 130 valence electrons. The molecule has 0 spiro atoms. The standard InChI is InChI=1S/C16H20N2O5S/c1-10-9-12(5-7-14(10)23-2)24(21,22)18-13(6-8-15(18)19)16(20)17-11-3-4-11/h5,7,9,11,13H,3-4,6,8H2,1-2H3,(H,17,20)/t13-/m1/s1. The summed E-state index contributed by atoms with van der Waals surface area (Å²) in [6.07, 6.45) is 2.07. The molecule has 1 aromatic rings. The van der Waals surface area contributed by atoms with Gasteiger partial charge in [0.15, 0.2) is 0 Å². The second kappa shape index (κ2) is 6.08. The molecule has 1 atom stereocenters. The third kappa shape index (κ3) is 2.98. The molecular weight excluding hydrogens is 332 g/mol. The zero-order valence-corrected chi connectivity index (χ0v) is 14.4. The minimum atomic E-state index is -4.08. The Balaban J connectivity index is 1.92. The monoisotopic (exact) mass is 352 g/mol. The van der Waals surface area contributed by atoms with Crippen molar-refractivity contribution >= 4 is 21.8 Å². The first-order valence-corrected chi connectivity index (χ1v) is 9.31. The van der Waals surface area contributed by atoms with E-state index in [-0.39, 0.29) is 23.8 Å². The van der Waals surface area contributed by atoms with Gasteiger partial charge in [-0.15, -0.1) is 0 Å². The van der Waals surface area contributed by atoms with E-state index in [1.54, 1.807) is 13.0 Å². The van der Waals surface area contributed by atoms with E-state index in [0.29, 0.717) is 11.3 Å². The van der Waals surface area contributed by atoms with Gasteiger partial charge in [-0.1, -0.05) is 0 Å². The molecule has 7 nitrogen and oxygen atoms in total. The Bertz CT molecular complexity index is 786. The van der Waals surface area contributed by atoms with Crippen molar-refractivity contribution in [1.29, 1.82) is 0 Å². The van der Waals surface area contributed by atoms with Crippen molar-refractivity contribution in [2.24, 2.45) is 0 Å². The van der Waals surface area contributed by atoms with Crippen molar-refractivity contribution in [2.75, 3.05) is 7.11 Å². The van der Waals surface area contributed by atoms with Crippen molar-refractivity contribution in [2.45, 2.75) is 49.6 Å². The maximum absolute atomic E-state index is 12.9. The summed E-state index contributed by atoms with van der Waals surface area (Å²) in [5, 5.41) is 2.78. The molecule has 3 rings (SSSR count). The SMILES string of the molecule is COc1ccc(S(=O)(=O)N2C(=O)CC[C@@H]2C(=O)NC2CC2)cc1C. The van der Waals surface area contributed by atoms with Crippen LogP contribution < -0.4 is 10.1 Å². The number of amides is 2. The molecule has 1 aliphatic carbocycles. The molecule has 2 aliphatic rings. The summed E-state index contributed by atoms with van der Waals surface area (Å²) >= 11 is 0. The van der Waals surface area contributed by atoms with E-state index in [4.69, 9.17) is 4.74 Å². The molecule has 1 aromatic carbocycles. The smallest absolute Gasteiger partial charge is 0.267 e. The number of carbonyl (C=O) groups excluding carboxylic acids is 2. The van der Waals surface area contributed by atoms with Gasteiger partial charge in [0, 0.05) is 12.5 Å². The average molecular weight is 352 g/mol. The Morgan fingerprint density at radius 1 is 1.29 bits per heavy atom. The van der Waals surface area contributed by atoms with E-state index < -0.39 is 27.9 Å². The molecule has 1 aliphatic heterocycles. The molecule has 0 unspecified atom stereocenters. The lowest BCUT2D eigenvalue weighted by atomic mass is 10.2. The van der Waals surface area contributed by atoms with Gasteiger partial charge in [0.25, 0.3) is 10.0 Å². The number of hydrogen-bond donors (Lipinski definition) is 1. The minimum Gasteiger partial charge on any atom is -0.496 e. The fraction of sp³-hybridized carbons (Fsp3) is 0.500. The molecule has 1 saturated carbocycles. The predicted octanol–water partition coefficient (Wildman–Crippen LogP) is 0.962. The van der Waals surface area contributed by atoms with Crippen molar-refractivity contribution in [1.82, 2.24) is 9.62 Å². The first-order valence-electron chi connectivity index (χ1n) is 7.87. The van der Waals surface area contributed by atoms with Gasteiger partial charge in [0.1, 0.15) is 11.8 Å². The Labute approximate surface area is 141 Å². The van der Waals surface area contributed by atoms with E-state index in [2.05, 4.69) is 5.32 Å². The number of methoxy groups -OCH3 is 1. The summed E-state index contributed by atoms with van der Waals surface area (Å²) < 4.78 is 31.7. The summed E-state index contributed by atoms with van der Waals surface area (Å²) in [5.41, 5.74) is 0.643. The second-order valence-electron chi connectivity index (χ2n) is 6.16. The van der Waals surface area contributed by atoms with Crippen LogP contribution in [0.4, 0.5) is 0 Å². The lowest BCUT2D eigenvalue weighted by Gasteiger charge is -2.24. The van der Waals surface area contributed by atoms with Crippen LogP contribution in [0.2, 0.25) is 0 Å². The normalized spacial score (nSPS) is 21.0. The number of aryl methyl sites for hydroxylation is 1. The van der Waals surface area contributed by atoms with E-state index in [9.17, 15) is 18.0 Å². The Morgan fingerprint density at radius 2 is 2.00 bits per heavy atom. The highest BCUT2D eigenvalue weighted by Crippen LogP contribution is 2.30. The highest BCUT2D eigenvalue weighted by molar-refractivity contribution is 7.89. The van der Waals surface area contributed by atoms with E-state index in [1.807, 2.05) is 0 Å². The van der Waals surface area contributed by atoms with Crippen LogP contribution in [0, 0.1) is 6.92 Å². The predicted molar refractivity (Wildman–Crippen MR) is 85.9 cm³/mol. The molecule has 2 amide bonds. The van der Waals surface area contributed by atoms with Crippen LogP contribution in [0.15, 0.2) is 23.1 Å². The number of rotatable bonds is 5. The number of nitrogens with zero attached hydrogens (tertiary/aromatic N) is 1. The quantitative estimate of drug-likeness (QED) is 0.852. The number of ether oxygens (including phenoxy) is 1. The second-order valence-corrected chi connectivity index (χ2v) is 7.98. The highest BCUT2D eigenvalue weighted by Gasteiger charge is 2.45. The van der Waals surface area contributed by atoms with Crippen molar-refractivity contribution in [3.05, 3.63) is 23.8 Å². The summed E-state index contributed by atoms with van der Waals surface area (Å²) in [5.74, 6) is -0.374. The number of hydrogen-bond acceptors (Lipinski definition) is 5. The number of nitrogens with one attached hydrogen (secondary N) is 1. The topological polar surface area (TPSA) is 92.8 Å². The Morgan fingerprint density at radius 3 is 2.58 bits per heavy atom. The molecule has 1 N–H and O–H groups in total. The number of carbonyl (C=O) groups is 2. The van der Waals surface area contributed by atoms with Crippen LogP contribution in [-0.2, 0) is 19.6 Å². The van der Waals surface area contributed by atoms with Crippen LogP contribution in [-0.4, -0.2) is 43.7 Å². The molecule has 1 heterocycles. The lowest BCUT2D eigenvalue weighted by Crippen LogP contribution is -2.48. The van der Waals surface area contributed by atoms with E-state index in [0.717, 1.165) is 17.1 Å². The molecule has 24 heavy (non-hydrogen) atoms. The molecule has 8 heteroatoms. The molecule has 0 radical (unpaired) electrons. The van der Waals surface area contributed by atoms with Gasteiger partial charge in [0.05, 0.1) is 12.0 Å². The average Bonchev–Trinajstić information content (AvgIpc) is 3.25. The van der Waals surface area contributed by atoms with Crippen LogP contribution >= 0.6 is 0 Å². The maximum Gasteiger partial charge on any atom is 0.267 e. The third-order valence-corrected chi connectivity index (χ3v) is 6.14. The van der Waals surface area contributed by atoms with Gasteiger partial charge < -0.3 is 10.1 Å². The van der Waals surface area contributed by atoms with E-state index >= 15 is 0 Å². The van der Waals surface area contributed by atoms with Crippen LogP contribution in [0.25, 0.3) is 0 Å². The first kappa shape index (κ1) is 16.8. The van der Waals surface area contributed by atoms with E-state index in [1.165, 1.54) is 19.2 Å². The molecule has 2 fully saturated rings. The van der Waals surface area contributed by atoms with Crippen LogP contribution in [0.1, 0.15) is 31.2 Å².